The van der Waals surface area contributed by atoms with Crippen LogP contribution in [0.5, 0.6) is 0 Å². The number of aryl methyl sites for hydroxylation is 1. The normalized spacial score (nSPS) is 10.3. The van der Waals surface area contributed by atoms with E-state index in [2.05, 4.69) is 15.2 Å². The number of methoxy groups -OCH3 is 1. The first-order chi connectivity index (χ1) is 14.3. The Hall–Kier alpha value is -3.69. The smallest absolute Gasteiger partial charge is 0.338 e. The van der Waals surface area contributed by atoms with E-state index < -0.39 is 24.5 Å². The molecule has 2 aromatic rings. The van der Waals surface area contributed by atoms with Crippen LogP contribution in [0.3, 0.4) is 0 Å². The van der Waals surface area contributed by atoms with Gasteiger partial charge in [0, 0.05) is 19.2 Å². The molecule has 3 amide bonds. The van der Waals surface area contributed by atoms with E-state index in [0.29, 0.717) is 6.42 Å². The van der Waals surface area contributed by atoms with Gasteiger partial charge in [0.15, 0.2) is 6.61 Å². The van der Waals surface area contributed by atoms with Crippen LogP contribution in [0, 0.1) is 13.8 Å². The fourth-order valence-corrected chi connectivity index (χ4v) is 2.80. The summed E-state index contributed by atoms with van der Waals surface area (Å²) in [5.74, 6) is -1.71. The Morgan fingerprint density at radius 1 is 1.10 bits per heavy atom. The van der Waals surface area contributed by atoms with Crippen molar-refractivity contribution in [3.8, 4) is 5.69 Å². The van der Waals surface area contributed by atoms with E-state index in [1.54, 1.807) is 28.9 Å². The molecule has 0 saturated heterocycles. The van der Waals surface area contributed by atoms with E-state index >= 15 is 0 Å². The van der Waals surface area contributed by atoms with Crippen molar-refractivity contribution in [2.75, 3.05) is 20.8 Å². The molecule has 0 radical (unpaired) electrons. The first-order valence-corrected chi connectivity index (χ1v) is 9.17. The number of amides is 3. The summed E-state index contributed by atoms with van der Waals surface area (Å²) < 4.78 is 11.3. The topological polar surface area (TPSA) is 129 Å². The largest absolute Gasteiger partial charge is 0.469 e. The molecular weight excluding hydrogens is 392 g/mol. The van der Waals surface area contributed by atoms with Gasteiger partial charge in [-0.15, -0.1) is 0 Å². The Bertz CT molecular complexity index is 949. The average molecular weight is 416 g/mol. The van der Waals surface area contributed by atoms with Crippen molar-refractivity contribution in [2.24, 2.45) is 0 Å². The first-order valence-electron chi connectivity index (χ1n) is 9.17. The SMILES string of the molecule is CNC(=O)NC(=O)COC(=O)c1ccc(-n2nc(C)c(CCC(=O)OC)c2C)cc1. The number of ether oxygens (including phenoxy) is 2. The lowest BCUT2D eigenvalue weighted by Gasteiger charge is -2.08. The van der Waals surface area contributed by atoms with Gasteiger partial charge >= 0.3 is 18.0 Å². The number of benzene rings is 1. The molecule has 160 valence electrons. The number of rotatable bonds is 7. The minimum Gasteiger partial charge on any atom is -0.469 e. The molecule has 0 saturated carbocycles. The molecule has 0 aliphatic carbocycles. The monoisotopic (exact) mass is 416 g/mol. The van der Waals surface area contributed by atoms with Crippen LogP contribution in [-0.4, -0.2) is 54.4 Å². The minimum atomic E-state index is -0.735. The molecule has 2 rings (SSSR count). The molecule has 10 heteroatoms. The molecule has 10 nitrogen and oxygen atoms in total. The molecule has 0 aliphatic rings. The number of carbonyl (C=O) groups excluding carboxylic acids is 4. The fourth-order valence-electron chi connectivity index (χ4n) is 2.80. The third kappa shape index (κ3) is 5.66. The van der Waals surface area contributed by atoms with Crippen LogP contribution in [0.2, 0.25) is 0 Å². The molecule has 2 N–H and O–H groups in total. The highest BCUT2D eigenvalue weighted by Crippen LogP contribution is 2.20. The molecule has 1 aromatic carbocycles. The predicted molar refractivity (Wildman–Crippen MR) is 106 cm³/mol. The summed E-state index contributed by atoms with van der Waals surface area (Å²) in [6.45, 7) is 3.20. The third-order valence-corrected chi connectivity index (χ3v) is 4.41. The van der Waals surface area contributed by atoms with Gasteiger partial charge in [0.2, 0.25) is 0 Å². The second-order valence-electron chi connectivity index (χ2n) is 6.39. The molecule has 0 atom stereocenters. The van der Waals surface area contributed by atoms with Crippen LogP contribution in [0.25, 0.3) is 5.69 Å². The predicted octanol–water partition coefficient (Wildman–Crippen LogP) is 1.21. The van der Waals surface area contributed by atoms with Crippen LogP contribution >= 0.6 is 0 Å². The average Bonchev–Trinajstić information content (AvgIpc) is 3.03. The van der Waals surface area contributed by atoms with Gasteiger partial charge in [-0.3, -0.25) is 14.9 Å². The molecule has 0 spiro atoms. The number of nitrogens with one attached hydrogen (secondary N) is 2. The Morgan fingerprint density at radius 2 is 1.77 bits per heavy atom. The number of hydrogen-bond donors (Lipinski definition) is 2. The fraction of sp³-hybridized carbons (Fsp3) is 0.350. The van der Waals surface area contributed by atoms with Crippen LogP contribution in [0.15, 0.2) is 24.3 Å². The zero-order valence-electron chi connectivity index (χ0n) is 17.3. The van der Waals surface area contributed by atoms with Gasteiger partial charge in [-0.05, 0) is 50.1 Å². The van der Waals surface area contributed by atoms with Gasteiger partial charge in [-0.1, -0.05) is 0 Å². The maximum Gasteiger partial charge on any atom is 0.338 e. The van der Waals surface area contributed by atoms with Crippen molar-refractivity contribution in [2.45, 2.75) is 26.7 Å². The maximum absolute atomic E-state index is 12.1. The Morgan fingerprint density at radius 3 is 2.37 bits per heavy atom. The van der Waals surface area contributed by atoms with Gasteiger partial charge in [0.25, 0.3) is 5.91 Å². The highest BCUT2D eigenvalue weighted by atomic mass is 16.5. The van der Waals surface area contributed by atoms with Crippen molar-refractivity contribution in [1.29, 1.82) is 0 Å². The number of urea groups is 1. The van der Waals surface area contributed by atoms with Crippen molar-refractivity contribution < 1.29 is 28.7 Å². The van der Waals surface area contributed by atoms with E-state index in [4.69, 9.17) is 4.74 Å². The Labute approximate surface area is 173 Å². The number of esters is 2. The second kappa shape index (κ2) is 10.2. The van der Waals surface area contributed by atoms with Crippen molar-refractivity contribution in [3.05, 3.63) is 46.8 Å². The van der Waals surface area contributed by atoms with Gasteiger partial charge in [0.1, 0.15) is 0 Å². The highest BCUT2D eigenvalue weighted by Gasteiger charge is 2.16. The van der Waals surface area contributed by atoms with Crippen LogP contribution in [-0.2, 0) is 25.5 Å². The summed E-state index contributed by atoms with van der Waals surface area (Å²) in [6, 6.07) is 5.82. The molecular formula is C20H24N4O6. The van der Waals surface area contributed by atoms with Crippen molar-refractivity contribution in [1.82, 2.24) is 20.4 Å². The summed E-state index contributed by atoms with van der Waals surface area (Å²) in [7, 11) is 2.72. The van der Waals surface area contributed by atoms with E-state index in [1.807, 2.05) is 19.2 Å². The van der Waals surface area contributed by atoms with Crippen molar-refractivity contribution in [3.63, 3.8) is 0 Å². The molecule has 1 heterocycles. The van der Waals surface area contributed by atoms with E-state index in [0.717, 1.165) is 22.6 Å². The lowest BCUT2D eigenvalue weighted by Crippen LogP contribution is -2.39. The van der Waals surface area contributed by atoms with E-state index in [1.165, 1.54) is 14.2 Å². The molecule has 1 aromatic heterocycles. The number of aromatic nitrogens is 2. The highest BCUT2D eigenvalue weighted by molar-refractivity contribution is 5.96. The number of imide groups is 1. The molecule has 0 aliphatic heterocycles. The van der Waals surface area contributed by atoms with Gasteiger partial charge < -0.3 is 14.8 Å². The van der Waals surface area contributed by atoms with E-state index in [-0.39, 0.29) is 18.0 Å². The number of nitrogens with zero attached hydrogens (tertiary/aromatic N) is 2. The van der Waals surface area contributed by atoms with Crippen LogP contribution in [0.4, 0.5) is 4.79 Å². The first kappa shape index (κ1) is 22.6. The third-order valence-electron chi connectivity index (χ3n) is 4.41. The van der Waals surface area contributed by atoms with Crippen LogP contribution in [0.1, 0.15) is 33.7 Å². The van der Waals surface area contributed by atoms with Gasteiger partial charge in [0.05, 0.1) is 24.1 Å². The Kier molecular flexibility index (Phi) is 7.68. The zero-order valence-corrected chi connectivity index (χ0v) is 17.3. The summed E-state index contributed by atoms with van der Waals surface area (Å²) in [6.07, 6.45) is 0.787. The number of hydrogen-bond acceptors (Lipinski definition) is 7. The minimum absolute atomic E-state index is 0.249. The quantitative estimate of drug-likeness (QED) is 0.649. The molecule has 0 unspecified atom stereocenters. The van der Waals surface area contributed by atoms with Gasteiger partial charge in [-0.25, -0.2) is 14.3 Å². The number of carbonyl (C=O) groups is 4. The van der Waals surface area contributed by atoms with Gasteiger partial charge in [-0.2, -0.15) is 5.10 Å². The molecule has 0 fully saturated rings. The molecule has 0 bridgehead atoms. The second-order valence-corrected chi connectivity index (χ2v) is 6.39. The lowest BCUT2D eigenvalue weighted by molar-refractivity contribution is -0.140. The van der Waals surface area contributed by atoms with E-state index in [9.17, 15) is 19.2 Å². The zero-order chi connectivity index (χ0) is 22.3. The standard InChI is InChI=1S/C20H24N4O6/c1-12-16(9-10-18(26)29-4)13(2)24(23-12)15-7-5-14(6-8-15)19(27)30-11-17(25)22-20(28)21-3/h5-8H,9-11H2,1-4H3,(H2,21,22,25,28). The lowest BCUT2D eigenvalue weighted by atomic mass is 10.1. The molecule has 30 heavy (non-hydrogen) atoms. The van der Waals surface area contributed by atoms with Crippen LogP contribution < -0.4 is 10.6 Å². The summed E-state index contributed by atoms with van der Waals surface area (Å²) in [4.78, 5) is 46.0. The van der Waals surface area contributed by atoms with Crippen molar-refractivity contribution >= 4 is 23.9 Å². The summed E-state index contributed by atoms with van der Waals surface area (Å²) in [5.41, 5.74) is 3.64. The summed E-state index contributed by atoms with van der Waals surface area (Å²) in [5, 5.41) is 8.73. The summed E-state index contributed by atoms with van der Waals surface area (Å²) >= 11 is 0. The maximum atomic E-state index is 12.1. The Balaban J connectivity index is 2.05.